The van der Waals surface area contributed by atoms with Gasteiger partial charge in [0.05, 0.1) is 0 Å². The van der Waals surface area contributed by atoms with Crippen LogP contribution in [0.15, 0.2) is 88.1 Å². The molecule has 12 N–H and O–H groups in total. The second kappa shape index (κ2) is 15.8. The number of hydrogen-bond acceptors (Lipinski definition) is 16. The molecule has 2 aliphatic heterocycles. The maximum Gasteiger partial charge on any atom is 0.336 e. The lowest BCUT2D eigenvalue weighted by molar-refractivity contribution is -0.342. The quantitative estimate of drug-likeness (QED) is 0.0754. The number of nitrogens with one attached hydrogen (secondary N) is 3. The predicted octanol–water partition coefficient (Wildman–Crippen LogP) is 1.75. The van der Waals surface area contributed by atoms with E-state index >= 15 is 0 Å². The number of aromatic hydroxyl groups is 2. The number of benzene rings is 3. The van der Waals surface area contributed by atoms with Crippen molar-refractivity contribution in [2.45, 2.75) is 61.8 Å². The summed E-state index contributed by atoms with van der Waals surface area (Å²) in [7, 11) is 0. The largest absolute Gasteiger partial charge is 0.508 e. The number of fused-ring (bicyclic) bond motifs is 3. The van der Waals surface area contributed by atoms with Crippen LogP contribution >= 0.6 is 0 Å². The number of rotatable bonds is 13. The smallest absolute Gasteiger partial charge is 0.336 e. The third-order valence-corrected chi connectivity index (χ3v) is 11.2. The lowest BCUT2D eigenvalue weighted by Gasteiger charge is -2.56. The van der Waals surface area contributed by atoms with E-state index in [4.69, 9.17) is 29.1 Å². The van der Waals surface area contributed by atoms with Gasteiger partial charge in [-0.3, -0.25) is 10.1 Å². The molecular weight excluding hydrogens is 784 g/mol. The molecule has 18 heteroatoms. The molecule has 3 aromatic carbocycles. The van der Waals surface area contributed by atoms with E-state index < -0.39 is 76.4 Å². The Morgan fingerprint density at radius 3 is 2.48 bits per heavy atom. The molecule has 0 radical (unpaired) electrons. The maximum absolute atomic E-state index is 13.7. The van der Waals surface area contributed by atoms with E-state index in [1.807, 2.05) is 6.92 Å². The number of carboxylic acids is 1. The van der Waals surface area contributed by atoms with Crippen LogP contribution in [-0.2, 0) is 22.6 Å². The number of phenols is 2. The van der Waals surface area contributed by atoms with Crippen molar-refractivity contribution in [3.05, 3.63) is 106 Å². The SMILES string of the molecule is CCc1cc(O)cc(COc2c(OC3OC(C(=O)O)C4(O)C(C5CNCN5)C=CC3(O)C4O)cc3oc(-c4ccc(OCC(O)c5ccc(N)[nH]5)cc4)cc(=O)c3c2O)c1. The molecule has 2 bridgehead atoms. The third-order valence-electron chi connectivity index (χ3n) is 11.2. The highest BCUT2D eigenvalue weighted by Gasteiger charge is 2.70. The zero-order valence-electron chi connectivity index (χ0n) is 32.1. The van der Waals surface area contributed by atoms with Crippen molar-refractivity contribution in [1.29, 1.82) is 0 Å². The number of aryl methyl sites for hydroxylation is 1. The van der Waals surface area contributed by atoms with E-state index in [0.717, 1.165) is 11.6 Å². The fourth-order valence-electron chi connectivity index (χ4n) is 8.05. The van der Waals surface area contributed by atoms with Crippen LogP contribution < -0.4 is 36.0 Å². The van der Waals surface area contributed by atoms with Gasteiger partial charge in [0.15, 0.2) is 28.6 Å². The van der Waals surface area contributed by atoms with Crippen LogP contribution in [0.1, 0.15) is 29.8 Å². The summed E-state index contributed by atoms with van der Waals surface area (Å²) in [6.45, 7) is 2.22. The van der Waals surface area contributed by atoms with Crippen molar-refractivity contribution in [1.82, 2.24) is 15.6 Å². The van der Waals surface area contributed by atoms with Crippen LogP contribution in [0.5, 0.6) is 28.7 Å². The minimum absolute atomic E-state index is 0.0373. The third kappa shape index (κ3) is 7.27. The molecule has 0 amide bonds. The molecule has 8 unspecified atom stereocenters. The molecule has 0 saturated carbocycles. The fourth-order valence-corrected chi connectivity index (χ4v) is 8.05. The number of aromatic nitrogens is 1. The molecule has 1 aliphatic carbocycles. The van der Waals surface area contributed by atoms with E-state index in [9.17, 15) is 45.3 Å². The average Bonchev–Trinajstić information content (AvgIpc) is 3.92. The Bertz CT molecular complexity index is 2500. The molecular formula is C42H44N4O14. The minimum atomic E-state index is -2.55. The molecule has 18 nitrogen and oxygen atoms in total. The van der Waals surface area contributed by atoms with E-state index in [1.54, 1.807) is 48.5 Å². The summed E-state index contributed by atoms with van der Waals surface area (Å²) >= 11 is 0. The molecule has 5 aromatic rings. The Hall–Kier alpha value is -6.12. The minimum Gasteiger partial charge on any atom is -0.508 e. The van der Waals surface area contributed by atoms with Gasteiger partial charge in [0.25, 0.3) is 0 Å². The summed E-state index contributed by atoms with van der Waals surface area (Å²) in [4.78, 5) is 29.3. The topological polar surface area (TPSA) is 292 Å². The van der Waals surface area contributed by atoms with Crippen LogP contribution in [0.4, 0.5) is 5.82 Å². The van der Waals surface area contributed by atoms with Gasteiger partial charge in [-0.15, -0.1) is 0 Å². The molecule has 3 aliphatic rings. The Kier molecular flexibility index (Phi) is 10.7. The number of ether oxygens (including phenoxy) is 4. The predicted molar refractivity (Wildman–Crippen MR) is 212 cm³/mol. The molecule has 316 valence electrons. The average molecular weight is 829 g/mol. The number of H-pyrrole nitrogens is 1. The van der Waals surface area contributed by atoms with Crippen LogP contribution in [-0.4, -0.2) is 102 Å². The van der Waals surface area contributed by atoms with Crippen molar-refractivity contribution >= 4 is 22.8 Å². The number of anilines is 1. The Balaban J connectivity index is 1.16. The summed E-state index contributed by atoms with van der Waals surface area (Å²) in [5, 5.41) is 84.1. The fraction of sp³-hybridized carbons (Fsp3) is 0.333. The van der Waals surface area contributed by atoms with Gasteiger partial charge in [0.1, 0.15) is 65.1 Å². The number of carbonyl (C=O) groups is 1. The summed E-state index contributed by atoms with van der Waals surface area (Å²) in [6.07, 6.45) is -4.15. The zero-order valence-corrected chi connectivity index (χ0v) is 32.1. The molecule has 2 fully saturated rings. The Labute approximate surface area is 341 Å². The van der Waals surface area contributed by atoms with Gasteiger partial charge in [-0.1, -0.05) is 19.1 Å². The summed E-state index contributed by atoms with van der Waals surface area (Å²) in [5.74, 6) is -3.44. The number of nitrogens with two attached hydrogens (primary N) is 1. The lowest BCUT2D eigenvalue weighted by atomic mass is 9.63. The van der Waals surface area contributed by atoms with E-state index in [1.165, 1.54) is 24.3 Å². The molecule has 2 saturated heterocycles. The first-order valence-corrected chi connectivity index (χ1v) is 19.1. The van der Waals surface area contributed by atoms with Crippen LogP contribution in [0, 0.1) is 5.92 Å². The molecule has 4 heterocycles. The monoisotopic (exact) mass is 828 g/mol. The van der Waals surface area contributed by atoms with Crippen molar-refractivity contribution in [3.8, 4) is 40.1 Å². The zero-order chi connectivity index (χ0) is 42.5. The Morgan fingerprint density at radius 1 is 1.03 bits per heavy atom. The Morgan fingerprint density at radius 2 is 1.80 bits per heavy atom. The van der Waals surface area contributed by atoms with Crippen molar-refractivity contribution in [2.24, 2.45) is 5.92 Å². The number of nitrogen functional groups attached to an aromatic ring is 1. The second-order valence-corrected chi connectivity index (χ2v) is 15.1. The highest BCUT2D eigenvalue weighted by molar-refractivity contribution is 5.89. The highest BCUT2D eigenvalue weighted by atomic mass is 16.7. The number of aliphatic hydroxyl groups excluding tert-OH is 2. The molecule has 2 aromatic heterocycles. The summed E-state index contributed by atoms with van der Waals surface area (Å²) < 4.78 is 29.8. The van der Waals surface area contributed by atoms with Gasteiger partial charge in [-0.2, -0.15) is 0 Å². The first kappa shape index (κ1) is 40.7. The van der Waals surface area contributed by atoms with Gasteiger partial charge < -0.3 is 75.1 Å². The highest BCUT2D eigenvalue weighted by Crippen LogP contribution is 2.50. The number of aliphatic carboxylic acids is 1. The van der Waals surface area contributed by atoms with Crippen molar-refractivity contribution in [2.75, 3.05) is 25.6 Å². The first-order valence-electron chi connectivity index (χ1n) is 19.1. The summed E-state index contributed by atoms with van der Waals surface area (Å²) in [6, 6.07) is 16.2. The van der Waals surface area contributed by atoms with Crippen molar-refractivity contribution < 1.29 is 63.9 Å². The number of hydrogen-bond donors (Lipinski definition) is 11. The normalized spacial score (nSPS) is 26.5. The van der Waals surface area contributed by atoms with Gasteiger partial charge in [-0.05, 0) is 72.2 Å². The summed E-state index contributed by atoms with van der Waals surface area (Å²) in [5.41, 5.74) is 1.87. The van der Waals surface area contributed by atoms with Crippen LogP contribution in [0.2, 0.25) is 0 Å². The van der Waals surface area contributed by atoms with E-state index in [-0.39, 0.29) is 35.7 Å². The van der Waals surface area contributed by atoms with E-state index in [0.29, 0.717) is 48.0 Å². The first-order chi connectivity index (χ1) is 28.7. The van der Waals surface area contributed by atoms with Gasteiger partial charge in [0.2, 0.25) is 12.0 Å². The van der Waals surface area contributed by atoms with Crippen molar-refractivity contribution in [3.63, 3.8) is 0 Å². The van der Waals surface area contributed by atoms with Crippen LogP contribution in [0.25, 0.3) is 22.3 Å². The second-order valence-electron chi connectivity index (χ2n) is 15.1. The number of aromatic amines is 1. The number of aliphatic hydroxyl groups is 4. The lowest BCUT2D eigenvalue weighted by Crippen LogP contribution is -2.79. The number of carboxylic acid groups (broad SMARTS) is 1. The van der Waals surface area contributed by atoms with Gasteiger partial charge in [0, 0.05) is 48.6 Å². The number of phenolic OH excluding ortho intramolecular Hbond substituents is 2. The maximum atomic E-state index is 13.7. The molecule has 0 spiro atoms. The van der Waals surface area contributed by atoms with E-state index in [2.05, 4.69) is 15.6 Å². The molecule has 60 heavy (non-hydrogen) atoms. The van der Waals surface area contributed by atoms with Crippen LogP contribution in [0.3, 0.4) is 0 Å². The standard InChI is InChI=1S/C42H44N4O14/c1-2-20-11-21(13-23(47)12-20)17-57-36-32(59-40-41(54)10-9-25(27-16-44-19-45-27)42(55,39(41)53)37(60-40)38(51)52)15-31-34(35(36)50)28(48)14-30(58-31)22-3-5-24(6-4-22)56-18-29(49)26-7-8-33(43)46-26/h3-15,25,27,29,37,39-40,44-47,49-50,53-55H,2,16-19,43H2,1H3,(H,51,52). The molecule has 8 rings (SSSR count). The van der Waals surface area contributed by atoms with Gasteiger partial charge >= 0.3 is 5.97 Å². The molecule has 8 atom stereocenters. The van der Waals surface area contributed by atoms with Gasteiger partial charge in [-0.25, -0.2) is 4.79 Å².